The highest BCUT2D eigenvalue weighted by Gasteiger charge is 2.20. The number of hydrogen-bond acceptors (Lipinski definition) is 3. The number of aliphatic hydroxyl groups is 1. The third-order valence-electron chi connectivity index (χ3n) is 3.19. The van der Waals surface area contributed by atoms with Crippen molar-refractivity contribution >= 4 is 5.82 Å². The molecule has 2 rings (SSSR count). The van der Waals surface area contributed by atoms with Gasteiger partial charge in [-0.15, -0.1) is 0 Å². The van der Waals surface area contributed by atoms with Crippen LogP contribution in [-0.4, -0.2) is 16.2 Å². The van der Waals surface area contributed by atoms with Crippen LogP contribution in [0, 0.1) is 5.92 Å². The molecular weight excluding hydrogens is 188 g/mol. The highest BCUT2D eigenvalue weighted by molar-refractivity contribution is 5.38. The van der Waals surface area contributed by atoms with Crippen LogP contribution in [0.3, 0.4) is 0 Å². The highest BCUT2D eigenvalue weighted by atomic mass is 16.3. The van der Waals surface area contributed by atoms with Gasteiger partial charge in [-0.2, -0.15) is 0 Å². The largest absolute Gasteiger partial charge is 0.393 e. The van der Waals surface area contributed by atoms with E-state index >= 15 is 0 Å². The Bertz CT molecular complexity index is 327. The molecule has 0 aliphatic heterocycles. The first-order chi connectivity index (χ1) is 7.25. The number of anilines is 1. The lowest BCUT2D eigenvalue weighted by molar-refractivity contribution is 0.101. The van der Waals surface area contributed by atoms with Gasteiger partial charge in [0.2, 0.25) is 0 Å². The average Bonchev–Trinajstić information content (AvgIpc) is 2.22. The van der Waals surface area contributed by atoms with Crippen LogP contribution in [0.2, 0.25) is 0 Å². The van der Waals surface area contributed by atoms with E-state index in [-0.39, 0.29) is 6.10 Å². The summed E-state index contributed by atoms with van der Waals surface area (Å²) in [5.74, 6) is 1.21. The molecule has 1 aromatic rings. The third kappa shape index (κ3) is 2.69. The summed E-state index contributed by atoms with van der Waals surface area (Å²) in [6, 6.07) is 3.95. The first kappa shape index (κ1) is 10.4. The Morgan fingerprint density at radius 1 is 1.47 bits per heavy atom. The summed E-state index contributed by atoms with van der Waals surface area (Å²) in [4.78, 5) is 4.08. The summed E-state index contributed by atoms with van der Waals surface area (Å²) >= 11 is 0. The third-order valence-corrected chi connectivity index (χ3v) is 3.19. The lowest BCUT2D eigenvalue weighted by Crippen LogP contribution is -2.21. The predicted octanol–water partition coefficient (Wildman–Crippen LogP) is 1.76. The first-order valence-electron chi connectivity index (χ1n) is 5.63. The molecule has 1 fully saturated rings. The van der Waals surface area contributed by atoms with E-state index in [1.165, 1.54) is 6.42 Å². The minimum atomic E-state index is -0.110. The van der Waals surface area contributed by atoms with E-state index in [0.717, 1.165) is 31.2 Å². The molecule has 1 heterocycles. The van der Waals surface area contributed by atoms with Crippen molar-refractivity contribution < 1.29 is 5.11 Å². The quantitative estimate of drug-likeness (QED) is 0.775. The minimum Gasteiger partial charge on any atom is -0.393 e. The Morgan fingerprint density at radius 3 is 3.07 bits per heavy atom. The van der Waals surface area contributed by atoms with Crippen molar-refractivity contribution in [1.29, 1.82) is 0 Å². The molecule has 15 heavy (non-hydrogen) atoms. The van der Waals surface area contributed by atoms with E-state index in [4.69, 9.17) is 5.73 Å². The van der Waals surface area contributed by atoms with Gasteiger partial charge in [0, 0.05) is 6.20 Å². The van der Waals surface area contributed by atoms with Gasteiger partial charge in [-0.1, -0.05) is 12.5 Å². The molecule has 3 heteroatoms. The van der Waals surface area contributed by atoms with Crippen molar-refractivity contribution in [2.24, 2.45) is 5.92 Å². The van der Waals surface area contributed by atoms with Crippen molar-refractivity contribution in [1.82, 2.24) is 4.98 Å². The van der Waals surface area contributed by atoms with E-state index in [9.17, 15) is 5.11 Å². The SMILES string of the molecule is Nc1ncccc1CC1CCCC(O)C1. The van der Waals surface area contributed by atoms with Crippen LogP contribution in [0.4, 0.5) is 5.82 Å². The van der Waals surface area contributed by atoms with Gasteiger partial charge in [-0.05, 0) is 43.2 Å². The van der Waals surface area contributed by atoms with Gasteiger partial charge in [0.25, 0.3) is 0 Å². The number of nitrogen functional groups attached to an aromatic ring is 1. The molecule has 1 saturated carbocycles. The summed E-state index contributed by atoms with van der Waals surface area (Å²) in [5, 5.41) is 9.58. The topological polar surface area (TPSA) is 59.1 Å². The highest BCUT2D eigenvalue weighted by Crippen LogP contribution is 2.28. The molecule has 0 amide bonds. The van der Waals surface area contributed by atoms with Crippen molar-refractivity contribution in [3.8, 4) is 0 Å². The average molecular weight is 206 g/mol. The molecule has 0 bridgehead atoms. The van der Waals surface area contributed by atoms with Crippen LogP contribution in [0.25, 0.3) is 0 Å². The second-order valence-electron chi connectivity index (χ2n) is 4.44. The van der Waals surface area contributed by atoms with Crippen LogP contribution >= 0.6 is 0 Å². The number of rotatable bonds is 2. The summed E-state index contributed by atoms with van der Waals surface area (Å²) in [5.41, 5.74) is 6.92. The Balaban J connectivity index is 1.99. The molecule has 82 valence electrons. The molecule has 0 spiro atoms. The maximum Gasteiger partial charge on any atom is 0.126 e. The first-order valence-corrected chi connectivity index (χ1v) is 5.63. The Hall–Kier alpha value is -1.09. The molecule has 2 unspecified atom stereocenters. The molecular formula is C12H18N2O. The van der Waals surface area contributed by atoms with E-state index in [1.54, 1.807) is 6.20 Å². The number of pyridine rings is 1. The lowest BCUT2D eigenvalue weighted by Gasteiger charge is -2.25. The second kappa shape index (κ2) is 4.62. The monoisotopic (exact) mass is 206 g/mol. The number of nitrogens with zero attached hydrogens (tertiary/aromatic N) is 1. The van der Waals surface area contributed by atoms with E-state index in [2.05, 4.69) is 4.98 Å². The van der Waals surface area contributed by atoms with Gasteiger partial charge in [0.1, 0.15) is 5.82 Å². The fraction of sp³-hybridized carbons (Fsp3) is 0.583. The number of hydrogen-bond donors (Lipinski definition) is 2. The van der Waals surface area contributed by atoms with Gasteiger partial charge in [0.15, 0.2) is 0 Å². The zero-order valence-electron chi connectivity index (χ0n) is 8.89. The van der Waals surface area contributed by atoms with Crippen LogP contribution in [0.5, 0.6) is 0 Å². The van der Waals surface area contributed by atoms with Crippen LogP contribution < -0.4 is 5.73 Å². The van der Waals surface area contributed by atoms with E-state index in [1.807, 2.05) is 12.1 Å². The van der Waals surface area contributed by atoms with Crippen molar-refractivity contribution in [3.63, 3.8) is 0 Å². The standard InChI is InChI=1S/C12H18N2O/c13-12-10(4-2-6-14-12)7-9-3-1-5-11(15)8-9/h2,4,6,9,11,15H,1,3,5,7-8H2,(H2,13,14). The van der Waals surface area contributed by atoms with Crippen LogP contribution in [0.15, 0.2) is 18.3 Å². The summed E-state index contributed by atoms with van der Waals surface area (Å²) < 4.78 is 0. The molecule has 3 N–H and O–H groups in total. The maximum absolute atomic E-state index is 9.58. The summed E-state index contributed by atoms with van der Waals surface area (Å²) in [6.07, 6.45) is 6.76. The molecule has 1 aromatic heterocycles. The lowest BCUT2D eigenvalue weighted by atomic mass is 9.83. The predicted molar refractivity (Wildman–Crippen MR) is 60.3 cm³/mol. The van der Waals surface area contributed by atoms with Crippen LogP contribution in [0.1, 0.15) is 31.2 Å². The van der Waals surface area contributed by atoms with Crippen molar-refractivity contribution in [3.05, 3.63) is 23.9 Å². The van der Waals surface area contributed by atoms with Gasteiger partial charge >= 0.3 is 0 Å². The molecule has 0 saturated heterocycles. The molecule has 1 aliphatic rings. The van der Waals surface area contributed by atoms with Gasteiger partial charge in [0.05, 0.1) is 6.10 Å². The maximum atomic E-state index is 9.58. The fourth-order valence-electron chi connectivity index (χ4n) is 2.38. The second-order valence-corrected chi connectivity index (χ2v) is 4.44. The van der Waals surface area contributed by atoms with Crippen LogP contribution in [-0.2, 0) is 6.42 Å². The Kier molecular flexibility index (Phi) is 3.21. The zero-order chi connectivity index (χ0) is 10.7. The fourth-order valence-corrected chi connectivity index (χ4v) is 2.38. The molecule has 2 atom stereocenters. The van der Waals surface area contributed by atoms with E-state index in [0.29, 0.717) is 11.7 Å². The zero-order valence-corrected chi connectivity index (χ0v) is 8.89. The number of nitrogens with two attached hydrogens (primary N) is 1. The summed E-state index contributed by atoms with van der Waals surface area (Å²) in [7, 11) is 0. The van der Waals surface area contributed by atoms with Crippen molar-refractivity contribution in [2.75, 3.05) is 5.73 Å². The Labute approximate surface area is 90.3 Å². The molecule has 3 nitrogen and oxygen atoms in total. The van der Waals surface area contributed by atoms with Crippen molar-refractivity contribution in [2.45, 2.75) is 38.2 Å². The molecule has 0 aromatic carbocycles. The van der Waals surface area contributed by atoms with Gasteiger partial charge in [-0.3, -0.25) is 0 Å². The smallest absolute Gasteiger partial charge is 0.126 e. The number of aliphatic hydroxyl groups excluding tert-OH is 1. The van der Waals surface area contributed by atoms with Gasteiger partial charge < -0.3 is 10.8 Å². The molecule has 1 aliphatic carbocycles. The molecule has 0 radical (unpaired) electrons. The Morgan fingerprint density at radius 2 is 2.33 bits per heavy atom. The normalized spacial score (nSPS) is 26.5. The van der Waals surface area contributed by atoms with E-state index < -0.39 is 0 Å². The minimum absolute atomic E-state index is 0.110. The van der Waals surface area contributed by atoms with Gasteiger partial charge in [-0.25, -0.2) is 4.98 Å². The summed E-state index contributed by atoms with van der Waals surface area (Å²) in [6.45, 7) is 0. The number of aromatic nitrogens is 1.